The monoisotopic (exact) mass is 382 g/mol. The van der Waals surface area contributed by atoms with Gasteiger partial charge in [0.1, 0.15) is 5.75 Å². The van der Waals surface area contributed by atoms with Gasteiger partial charge in [-0.3, -0.25) is 0 Å². The van der Waals surface area contributed by atoms with Gasteiger partial charge in [0.25, 0.3) is 0 Å². The molecule has 2 aliphatic rings. The molecule has 2 aliphatic carbocycles. The lowest BCUT2D eigenvalue weighted by molar-refractivity contribution is -0.0498. The van der Waals surface area contributed by atoms with Gasteiger partial charge in [-0.05, 0) is 103 Å². The van der Waals surface area contributed by atoms with Crippen molar-refractivity contribution in [3.8, 4) is 5.75 Å². The molecule has 28 heavy (non-hydrogen) atoms. The predicted molar refractivity (Wildman–Crippen MR) is 109 cm³/mol. The van der Waals surface area contributed by atoms with Gasteiger partial charge in [0.2, 0.25) is 0 Å². The van der Waals surface area contributed by atoms with E-state index in [2.05, 4.69) is 23.4 Å². The highest BCUT2D eigenvalue weighted by molar-refractivity contribution is 5.45. The van der Waals surface area contributed by atoms with Crippen LogP contribution in [0.3, 0.4) is 0 Å². The van der Waals surface area contributed by atoms with Crippen molar-refractivity contribution in [2.45, 2.75) is 63.9 Å². The van der Waals surface area contributed by atoms with Gasteiger partial charge in [-0.25, -0.2) is 0 Å². The van der Waals surface area contributed by atoms with Gasteiger partial charge in [0.05, 0.1) is 0 Å². The summed E-state index contributed by atoms with van der Waals surface area (Å²) in [7, 11) is 0. The molecule has 0 saturated heterocycles. The number of allylic oxidation sites excluding steroid dienone is 1. The smallest absolute Gasteiger partial charge is 0.387 e. The number of alkyl halides is 2. The number of rotatable bonds is 6. The molecule has 0 radical (unpaired) electrons. The second-order valence-corrected chi connectivity index (χ2v) is 8.20. The standard InChI is InChI=1S/C25H28F2O/c1-2-3-4-17-5-13-23-20(15-17)6-7-21-16-19(10-14-24(21)23)18-8-11-22(12-9-18)28-25(26)27/h2,6-9,11-12,17,19,25H,1,3-5,10,13-16H2/t17-,19-/m0/s1. The van der Waals surface area contributed by atoms with Gasteiger partial charge in [-0.15, -0.1) is 6.58 Å². The van der Waals surface area contributed by atoms with Crippen molar-refractivity contribution in [3.05, 3.63) is 76.9 Å². The summed E-state index contributed by atoms with van der Waals surface area (Å²) in [4.78, 5) is 0. The number of hydrogen-bond acceptors (Lipinski definition) is 1. The van der Waals surface area contributed by atoms with E-state index in [1.165, 1.54) is 36.8 Å². The zero-order chi connectivity index (χ0) is 19.5. The normalized spacial score (nSPS) is 21.1. The van der Waals surface area contributed by atoms with Gasteiger partial charge < -0.3 is 4.74 Å². The molecule has 0 bridgehead atoms. The fourth-order valence-corrected chi connectivity index (χ4v) is 5.05. The summed E-state index contributed by atoms with van der Waals surface area (Å²) >= 11 is 0. The molecule has 0 aliphatic heterocycles. The molecular formula is C25H28F2O. The molecule has 3 heteroatoms. The fourth-order valence-electron chi connectivity index (χ4n) is 5.05. The third-order valence-corrected chi connectivity index (χ3v) is 6.50. The van der Waals surface area contributed by atoms with Crippen molar-refractivity contribution in [1.29, 1.82) is 0 Å². The average Bonchev–Trinajstić information content (AvgIpc) is 2.71. The Balaban J connectivity index is 1.47. The lowest BCUT2D eigenvalue weighted by atomic mass is 9.73. The van der Waals surface area contributed by atoms with Crippen LogP contribution in [0.15, 0.2) is 49.1 Å². The van der Waals surface area contributed by atoms with Crippen molar-refractivity contribution in [1.82, 2.24) is 0 Å². The quantitative estimate of drug-likeness (QED) is 0.509. The molecule has 0 spiro atoms. The molecule has 0 aromatic heterocycles. The maximum Gasteiger partial charge on any atom is 0.387 e. The Bertz CT molecular complexity index is 825. The number of fused-ring (bicyclic) bond motifs is 3. The third-order valence-electron chi connectivity index (χ3n) is 6.50. The second kappa shape index (κ2) is 8.46. The molecule has 0 amide bonds. The fraction of sp³-hybridized carbons (Fsp3) is 0.440. The Morgan fingerprint density at radius 2 is 1.64 bits per heavy atom. The Morgan fingerprint density at radius 1 is 0.964 bits per heavy atom. The second-order valence-electron chi connectivity index (χ2n) is 8.20. The van der Waals surface area contributed by atoms with Crippen LogP contribution in [0.2, 0.25) is 0 Å². The van der Waals surface area contributed by atoms with Crippen LogP contribution >= 0.6 is 0 Å². The maximum absolute atomic E-state index is 12.3. The van der Waals surface area contributed by atoms with Crippen molar-refractivity contribution < 1.29 is 13.5 Å². The van der Waals surface area contributed by atoms with Crippen LogP contribution in [0, 0.1) is 5.92 Å². The van der Waals surface area contributed by atoms with E-state index in [0.29, 0.717) is 5.92 Å². The summed E-state index contributed by atoms with van der Waals surface area (Å²) in [5, 5.41) is 0. The first-order valence-corrected chi connectivity index (χ1v) is 10.4. The van der Waals surface area contributed by atoms with E-state index in [0.717, 1.165) is 31.6 Å². The van der Waals surface area contributed by atoms with Crippen molar-refractivity contribution in [3.63, 3.8) is 0 Å². The summed E-state index contributed by atoms with van der Waals surface area (Å²) in [5.41, 5.74) is 7.47. The van der Waals surface area contributed by atoms with E-state index in [1.807, 2.05) is 18.2 Å². The first-order valence-electron chi connectivity index (χ1n) is 10.4. The third kappa shape index (κ3) is 4.14. The summed E-state index contributed by atoms with van der Waals surface area (Å²) in [6.07, 6.45) is 11.4. The number of benzene rings is 2. The van der Waals surface area contributed by atoms with Crippen LogP contribution in [0.4, 0.5) is 8.78 Å². The topological polar surface area (TPSA) is 9.23 Å². The summed E-state index contributed by atoms with van der Waals surface area (Å²) in [5.74, 6) is 1.49. The molecule has 1 nitrogen and oxygen atoms in total. The minimum atomic E-state index is -2.77. The first-order chi connectivity index (χ1) is 13.6. The summed E-state index contributed by atoms with van der Waals surface area (Å²) in [6, 6.07) is 11.9. The van der Waals surface area contributed by atoms with Crippen molar-refractivity contribution in [2.24, 2.45) is 5.92 Å². The summed E-state index contributed by atoms with van der Waals surface area (Å²) in [6.45, 7) is 1.09. The van der Waals surface area contributed by atoms with Crippen molar-refractivity contribution in [2.75, 3.05) is 0 Å². The number of halogens is 2. The SMILES string of the molecule is C=CCC[C@H]1CCc2c(ccc3c2CC[C@H](c2ccc(OC(F)F)cc2)C3)C1. The maximum atomic E-state index is 12.3. The number of ether oxygens (including phenoxy) is 1. The average molecular weight is 382 g/mol. The molecule has 0 heterocycles. The molecule has 0 fully saturated rings. The lowest BCUT2D eigenvalue weighted by Gasteiger charge is -2.32. The van der Waals surface area contributed by atoms with Crippen molar-refractivity contribution >= 4 is 0 Å². The lowest BCUT2D eigenvalue weighted by Crippen LogP contribution is -2.20. The molecule has 2 aromatic rings. The van der Waals surface area contributed by atoms with E-state index in [-0.39, 0.29) is 5.75 Å². The molecule has 0 unspecified atom stereocenters. The van der Waals surface area contributed by atoms with Gasteiger partial charge in [0.15, 0.2) is 0 Å². The Morgan fingerprint density at radius 3 is 2.32 bits per heavy atom. The van der Waals surface area contributed by atoms with Crippen LogP contribution in [-0.2, 0) is 25.7 Å². The molecule has 0 N–H and O–H groups in total. The molecule has 2 atom stereocenters. The number of hydrogen-bond donors (Lipinski definition) is 0. The predicted octanol–water partition coefficient (Wildman–Crippen LogP) is 6.63. The molecule has 2 aromatic carbocycles. The Labute approximate surface area is 166 Å². The Kier molecular flexibility index (Phi) is 5.79. The van der Waals surface area contributed by atoms with Gasteiger partial charge in [-0.2, -0.15) is 8.78 Å². The highest BCUT2D eigenvalue weighted by atomic mass is 19.3. The van der Waals surface area contributed by atoms with Crippen LogP contribution < -0.4 is 4.74 Å². The van der Waals surface area contributed by atoms with Crippen LogP contribution in [0.1, 0.15) is 59.4 Å². The minimum Gasteiger partial charge on any atom is -0.435 e. The van der Waals surface area contributed by atoms with E-state index < -0.39 is 6.61 Å². The van der Waals surface area contributed by atoms with E-state index in [9.17, 15) is 8.78 Å². The Hall–Kier alpha value is -2.16. The van der Waals surface area contributed by atoms with E-state index in [4.69, 9.17) is 0 Å². The zero-order valence-corrected chi connectivity index (χ0v) is 16.3. The highest BCUT2D eigenvalue weighted by Gasteiger charge is 2.26. The van der Waals surface area contributed by atoms with E-state index >= 15 is 0 Å². The van der Waals surface area contributed by atoms with Crippen LogP contribution in [-0.4, -0.2) is 6.61 Å². The molecule has 4 rings (SSSR count). The van der Waals surface area contributed by atoms with Crippen LogP contribution in [0.25, 0.3) is 0 Å². The molecule has 148 valence electrons. The molecule has 0 saturated carbocycles. The van der Waals surface area contributed by atoms with Gasteiger partial charge >= 0.3 is 6.61 Å². The van der Waals surface area contributed by atoms with Gasteiger partial charge in [0, 0.05) is 0 Å². The van der Waals surface area contributed by atoms with E-state index in [1.54, 1.807) is 28.8 Å². The molecular weight excluding hydrogens is 354 g/mol. The summed E-state index contributed by atoms with van der Waals surface area (Å²) < 4.78 is 29.1. The highest BCUT2D eigenvalue weighted by Crippen LogP contribution is 2.39. The minimum absolute atomic E-state index is 0.232. The zero-order valence-electron chi connectivity index (χ0n) is 16.3. The largest absolute Gasteiger partial charge is 0.435 e. The van der Waals surface area contributed by atoms with Crippen LogP contribution in [0.5, 0.6) is 5.75 Å². The first kappa shape index (κ1) is 19.2. The van der Waals surface area contributed by atoms with Gasteiger partial charge in [-0.1, -0.05) is 30.3 Å².